The molecule has 3 N–H and O–H groups in total. The Morgan fingerprint density at radius 2 is 2.47 bits per heavy atom. The molecule has 2 heterocycles. The largest absolute Gasteiger partial charge is 0.337 e. The first kappa shape index (κ1) is 13.3. The number of thiophene rings is 1. The van der Waals surface area contributed by atoms with Crippen molar-refractivity contribution in [3.05, 3.63) is 39.8 Å². The number of nitrogens with zero attached hydrogens (tertiary/aromatic N) is 2. The molecule has 0 saturated heterocycles. The summed E-state index contributed by atoms with van der Waals surface area (Å²) >= 11 is 1.39. The van der Waals surface area contributed by atoms with Gasteiger partial charge in [-0.25, -0.2) is 0 Å². The van der Waals surface area contributed by atoms with Gasteiger partial charge in [-0.3, -0.25) is 9.89 Å². The third kappa shape index (κ3) is 3.22. The molecule has 2 aromatic heterocycles. The Bertz CT molecular complexity index is 606. The Balaban J connectivity index is 2.13. The molecule has 0 aliphatic rings. The zero-order chi connectivity index (χ0) is 13.7. The molecule has 0 unspecified atom stereocenters. The maximum Gasteiger partial charge on any atom is 0.265 e. The highest BCUT2D eigenvalue weighted by molar-refractivity contribution is 7.12. The van der Waals surface area contributed by atoms with Gasteiger partial charge in [0.25, 0.3) is 5.91 Å². The molecule has 6 heteroatoms. The molecule has 0 aromatic carbocycles. The van der Waals surface area contributed by atoms with Gasteiger partial charge in [0.05, 0.1) is 12.7 Å². The van der Waals surface area contributed by atoms with Gasteiger partial charge < -0.3 is 10.6 Å². The lowest BCUT2D eigenvalue weighted by atomic mass is 10.2. The van der Waals surface area contributed by atoms with Gasteiger partial charge in [-0.05, 0) is 11.4 Å². The highest BCUT2D eigenvalue weighted by Gasteiger charge is 2.17. The number of hydrogen-bond donors (Lipinski definition) is 2. The van der Waals surface area contributed by atoms with Crippen LogP contribution in [0.3, 0.4) is 0 Å². The molecule has 0 spiro atoms. The van der Waals surface area contributed by atoms with Crippen LogP contribution in [0.5, 0.6) is 0 Å². The average Bonchev–Trinajstić information content (AvgIpc) is 3.06. The summed E-state index contributed by atoms with van der Waals surface area (Å²) in [5, 5.41) is 8.45. The van der Waals surface area contributed by atoms with E-state index in [4.69, 9.17) is 5.73 Å². The summed E-state index contributed by atoms with van der Waals surface area (Å²) in [6.45, 7) is 0.797. The van der Waals surface area contributed by atoms with E-state index in [2.05, 4.69) is 22.0 Å². The summed E-state index contributed by atoms with van der Waals surface area (Å²) in [4.78, 5) is 14.6. The Labute approximate surface area is 115 Å². The van der Waals surface area contributed by atoms with E-state index in [9.17, 15) is 4.79 Å². The van der Waals surface area contributed by atoms with Crippen LogP contribution in [0.25, 0.3) is 0 Å². The number of hydrogen-bond acceptors (Lipinski definition) is 4. The van der Waals surface area contributed by atoms with Crippen LogP contribution in [0.1, 0.15) is 20.8 Å². The fraction of sp³-hybridized carbons (Fsp3) is 0.231. The van der Waals surface area contributed by atoms with Crippen LogP contribution >= 0.6 is 11.3 Å². The van der Waals surface area contributed by atoms with Crippen LogP contribution in [0, 0.1) is 11.8 Å². The third-order valence-electron chi connectivity index (χ3n) is 2.51. The van der Waals surface area contributed by atoms with Crippen molar-refractivity contribution in [2.24, 2.45) is 5.73 Å². The molecule has 0 aliphatic carbocycles. The van der Waals surface area contributed by atoms with Gasteiger partial charge in [0.2, 0.25) is 0 Å². The van der Waals surface area contributed by atoms with E-state index in [1.165, 1.54) is 11.3 Å². The molecule has 2 aromatic rings. The third-order valence-corrected chi connectivity index (χ3v) is 3.41. The van der Waals surface area contributed by atoms with Crippen LogP contribution in [-0.4, -0.2) is 34.6 Å². The van der Waals surface area contributed by atoms with Gasteiger partial charge in [0, 0.05) is 30.9 Å². The highest BCUT2D eigenvalue weighted by Crippen LogP contribution is 2.18. The van der Waals surface area contributed by atoms with E-state index in [-0.39, 0.29) is 12.5 Å². The van der Waals surface area contributed by atoms with Crippen molar-refractivity contribution >= 4 is 17.2 Å². The summed E-state index contributed by atoms with van der Waals surface area (Å²) in [5.74, 6) is 5.64. The minimum Gasteiger partial charge on any atom is -0.337 e. The second kappa shape index (κ2) is 6.18. The molecule has 0 saturated carbocycles. The molecule has 19 heavy (non-hydrogen) atoms. The fourth-order valence-corrected chi connectivity index (χ4v) is 2.45. The molecular formula is C13H14N4OS. The average molecular weight is 274 g/mol. The number of aromatic nitrogens is 2. The van der Waals surface area contributed by atoms with E-state index in [0.29, 0.717) is 11.4 Å². The predicted molar refractivity (Wildman–Crippen MR) is 74.6 cm³/mol. The van der Waals surface area contributed by atoms with E-state index in [0.717, 1.165) is 11.1 Å². The van der Waals surface area contributed by atoms with Crippen molar-refractivity contribution in [1.29, 1.82) is 0 Å². The van der Waals surface area contributed by atoms with Crippen molar-refractivity contribution in [1.82, 2.24) is 15.1 Å². The van der Waals surface area contributed by atoms with Crippen molar-refractivity contribution in [2.45, 2.75) is 6.54 Å². The quantitative estimate of drug-likeness (QED) is 0.822. The molecule has 0 atom stereocenters. The second-order valence-electron chi connectivity index (χ2n) is 3.94. The van der Waals surface area contributed by atoms with Crippen LogP contribution < -0.4 is 5.73 Å². The van der Waals surface area contributed by atoms with Gasteiger partial charge in [0.15, 0.2) is 0 Å². The summed E-state index contributed by atoms with van der Waals surface area (Å²) < 4.78 is 0. The van der Waals surface area contributed by atoms with Crippen molar-refractivity contribution in [2.75, 3.05) is 13.6 Å². The molecular weight excluding hydrogens is 260 g/mol. The highest BCUT2D eigenvalue weighted by atomic mass is 32.1. The zero-order valence-corrected chi connectivity index (χ0v) is 11.3. The van der Waals surface area contributed by atoms with Crippen molar-refractivity contribution in [3.8, 4) is 11.8 Å². The first-order chi connectivity index (χ1) is 9.22. The normalized spacial score (nSPS) is 9.79. The van der Waals surface area contributed by atoms with Gasteiger partial charge in [-0.2, -0.15) is 5.10 Å². The Morgan fingerprint density at radius 1 is 1.63 bits per heavy atom. The van der Waals surface area contributed by atoms with Gasteiger partial charge in [0.1, 0.15) is 4.88 Å². The van der Waals surface area contributed by atoms with Crippen LogP contribution in [0.15, 0.2) is 23.8 Å². The van der Waals surface area contributed by atoms with Crippen LogP contribution in [0.4, 0.5) is 0 Å². The topological polar surface area (TPSA) is 75.0 Å². The SMILES string of the molecule is CN(Cc1cn[nH]c1)C(=O)c1sccc1C#CCN. The number of nitrogens with one attached hydrogen (secondary N) is 1. The smallest absolute Gasteiger partial charge is 0.265 e. The zero-order valence-electron chi connectivity index (χ0n) is 10.5. The minimum atomic E-state index is -0.0440. The lowest BCUT2D eigenvalue weighted by Crippen LogP contribution is -2.25. The van der Waals surface area contributed by atoms with Gasteiger partial charge in [-0.1, -0.05) is 11.8 Å². The predicted octanol–water partition coefficient (Wildman–Crippen LogP) is 1.05. The number of rotatable bonds is 3. The summed E-state index contributed by atoms with van der Waals surface area (Å²) in [5.41, 5.74) is 7.04. The number of carbonyl (C=O) groups excluding carboxylic acids is 1. The number of nitrogens with two attached hydrogens (primary N) is 1. The molecule has 98 valence electrons. The Morgan fingerprint density at radius 3 is 3.16 bits per heavy atom. The minimum absolute atomic E-state index is 0.0440. The van der Waals surface area contributed by atoms with Gasteiger partial charge >= 0.3 is 0 Å². The molecule has 1 amide bonds. The number of amides is 1. The summed E-state index contributed by atoms with van der Waals surface area (Å²) in [7, 11) is 1.76. The Hall–Kier alpha value is -2.10. The number of H-pyrrole nitrogens is 1. The fourth-order valence-electron chi connectivity index (χ4n) is 1.60. The Kier molecular flexibility index (Phi) is 4.34. The number of carbonyl (C=O) groups is 1. The first-order valence-corrected chi connectivity index (χ1v) is 6.60. The maximum atomic E-state index is 12.3. The lowest BCUT2D eigenvalue weighted by molar-refractivity contribution is 0.0789. The van der Waals surface area contributed by atoms with Gasteiger partial charge in [-0.15, -0.1) is 11.3 Å². The second-order valence-corrected chi connectivity index (χ2v) is 4.85. The molecule has 2 rings (SSSR count). The standard InChI is InChI=1S/C13H14N4OS/c1-17(9-10-7-15-16-8-10)13(18)12-11(3-2-5-14)4-6-19-12/h4,6-8H,5,9,14H2,1H3,(H,15,16). The van der Waals surface area contributed by atoms with E-state index in [1.54, 1.807) is 24.3 Å². The van der Waals surface area contributed by atoms with Crippen LogP contribution in [-0.2, 0) is 6.54 Å². The van der Waals surface area contributed by atoms with Crippen molar-refractivity contribution < 1.29 is 4.79 Å². The van der Waals surface area contributed by atoms with E-state index < -0.39 is 0 Å². The molecule has 0 radical (unpaired) electrons. The monoisotopic (exact) mass is 274 g/mol. The van der Waals surface area contributed by atoms with E-state index >= 15 is 0 Å². The lowest BCUT2D eigenvalue weighted by Gasteiger charge is -2.15. The maximum absolute atomic E-state index is 12.3. The summed E-state index contributed by atoms with van der Waals surface area (Å²) in [6.07, 6.45) is 3.47. The summed E-state index contributed by atoms with van der Waals surface area (Å²) in [6, 6.07) is 1.84. The van der Waals surface area contributed by atoms with E-state index in [1.807, 2.05) is 11.4 Å². The van der Waals surface area contributed by atoms with Crippen LogP contribution in [0.2, 0.25) is 0 Å². The molecule has 0 aliphatic heterocycles. The molecule has 5 nitrogen and oxygen atoms in total. The number of aromatic amines is 1. The van der Waals surface area contributed by atoms with Crippen molar-refractivity contribution in [3.63, 3.8) is 0 Å². The molecule has 0 fully saturated rings. The molecule has 0 bridgehead atoms. The first-order valence-electron chi connectivity index (χ1n) is 5.72.